The van der Waals surface area contributed by atoms with Crippen molar-refractivity contribution in [3.63, 3.8) is 0 Å². The molecule has 5 nitrogen and oxygen atoms in total. The lowest BCUT2D eigenvalue weighted by Gasteiger charge is -2.11. The Morgan fingerprint density at radius 3 is 2.80 bits per heavy atom. The highest BCUT2D eigenvalue weighted by atomic mass is 19.3. The van der Waals surface area contributed by atoms with Crippen LogP contribution in [0.15, 0.2) is 41.0 Å². The first kappa shape index (κ1) is 16.8. The van der Waals surface area contributed by atoms with Crippen LogP contribution in [-0.2, 0) is 6.42 Å². The van der Waals surface area contributed by atoms with Crippen molar-refractivity contribution in [2.75, 3.05) is 0 Å². The molecule has 0 fully saturated rings. The quantitative estimate of drug-likeness (QED) is 0.619. The first-order chi connectivity index (χ1) is 12.1. The number of furan rings is 1. The smallest absolute Gasteiger partial charge is 0.320 e. The Kier molecular flexibility index (Phi) is 4.61. The van der Waals surface area contributed by atoms with Gasteiger partial charge in [0.1, 0.15) is 11.6 Å². The van der Waals surface area contributed by atoms with Crippen LogP contribution in [0.25, 0.3) is 11.0 Å². The van der Waals surface area contributed by atoms with Crippen molar-refractivity contribution in [1.29, 1.82) is 5.26 Å². The van der Waals surface area contributed by atoms with Crippen LogP contribution in [0.5, 0.6) is 0 Å². The molecule has 0 N–H and O–H groups in total. The molecule has 7 heteroatoms. The van der Waals surface area contributed by atoms with Gasteiger partial charge in [-0.15, -0.1) is 0 Å². The molecule has 0 radical (unpaired) electrons. The lowest BCUT2D eigenvalue weighted by molar-refractivity contribution is 0.0701. The summed E-state index contributed by atoms with van der Waals surface area (Å²) in [6.45, 7) is -0.986. The van der Waals surface area contributed by atoms with Gasteiger partial charge in [-0.2, -0.15) is 14.0 Å². The Hall–Kier alpha value is -3.01. The van der Waals surface area contributed by atoms with Crippen molar-refractivity contribution in [1.82, 2.24) is 9.55 Å². The van der Waals surface area contributed by atoms with Crippen LogP contribution in [0.1, 0.15) is 47.8 Å². The summed E-state index contributed by atoms with van der Waals surface area (Å²) in [6.07, 6.45) is 2.64. The summed E-state index contributed by atoms with van der Waals surface area (Å²) in [5.41, 5.74) is 0.731. The summed E-state index contributed by atoms with van der Waals surface area (Å²) in [4.78, 5) is 16.9. The lowest BCUT2D eigenvalue weighted by atomic mass is 9.97. The SMILES string of the molecule is CCCc1occc1C(=O)[C@H](C#N)c1nc2ccccc2n1C(F)F. The van der Waals surface area contributed by atoms with Gasteiger partial charge in [-0.1, -0.05) is 19.1 Å². The van der Waals surface area contributed by atoms with Gasteiger partial charge in [-0.3, -0.25) is 9.36 Å². The maximum atomic E-state index is 13.6. The second-order valence-corrected chi connectivity index (χ2v) is 5.54. The van der Waals surface area contributed by atoms with Crippen LogP contribution in [0.3, 0.4) is 0 Å². The van der Waals surface area contributed by atoms with E-state index in [2.05, 4.69) is 4.98 Å². The summed E-state index contributed by atoms with van der Waals surface area (Å²) < 4.78 is 33.1. The minimum Gasteiger partial charge on any atom is -0.469 e. The molecule has 0 aliphatic rings. The summed E-state index contributed by atoms with van der Waals surface area (Å²) in [5, 5.41) is 9.50. The third kappa shape index (κ3) is 2.91. The maximum absolute atomic E-state index is 13.6. The number of aryl methyl sites for hydroxylation is 1. The van der Waals surface area contributed by atoms with E-state index >= 15 is 0 Å². The molecule has 0 bridgehead atoms. The van der Waals surface area contributed by atoms with E-state index in [4.69, 9.17) is 4.42 Å². The zero-order valence-corrected chi connectivity index (χ0v) is 13.4. The fraction of sp³-hybridized carbons (Fsp3) is 0.278. The number of aromatic nitrogens is 2. The number of benzene rings is 1. The standard InChI is InChI=1S/C18H15F2N3O2/c1-2-5-15-11(8-9-25-15)16(24)12(10-21)17-22-13-6-3-4-7-14(13)23(17)18(19)20/h3-4,6-9,12,18H,2,5H2,1H3/t12-/m0/s1. The molecule has 0 spiro atoms. The Morgan fingerprint density at radius 2 is 2.12 bits per heavy atom. The highest BCUT2D eigenvalue weighted by molar-refractivity contribution is 6.03. The molecule has 0 saturated heterocycles. The number of alkyl halides is 2. The third-order valence-corrected chi connectivity index (χ3v) is 3.96. The Balaban J connectivity index is 2.11. The molecule has 3 rings (SSSR count). The lowest BCUT2D eigenvalue weighted by Crippen LogP contribution is -2.18. The number of para-hydroxylation sites is 2. The number of imidazole rings is 1. The highest BCUT2D eigenvalue weighted by Gasteiger charge is 2.32. The summed E-state index contributed by atoms with van der Waals surface area (Å²) >= 11 is 0. The molecule has 2 heterocycles. The predicted octanol–water partition coefficient (Wildman–Crippen LogP) is 4.47. The van der Waals surface area contributed by atoms with Crippen LogP contribution in [-0.4, -0.2) is 15.3 Å². The molecule has 2 aromatic heterocycles. The fourth-order valence-electron chi connectivity index (χ4n) is 2.84. The van der Waals surface area contributed by atoms with Gasteiger partial charge in [-0.25, -0.2) is 4.98 Å². The van der Waals surface area contributed by atoms with E-state index < -0.39 is 18.3 Å². The summed E-state index contributed by atoms with van der Waals surface area (Å²) in [6, 6.07) is 9.60. The molecule has 0 amide bonds. The predicted molar refractivity (Wildman–Crippen MR) is 86.4 cm³/mol. The van der Waals surface area contributed by atoms with Crippen LogP contribution < -0.4 is 0 Å². The van der Waals surface area contributed by atoms with Gasteiger partial charge in [0.25, 0.3) is 0 Å². The number of carbonyl (C=O) groups is 1. The maximum Gasteiger partial charge on any atom is 0.320 e. The van der Waals surface area contributed by atoms with Crippen molar-refractivity contribution in [3.8, 4) is 6.07 Å². The van der Waals surface area contributed by atoms with Gasteiger partial charge in [0.05, 0.1) is 28.9 Å². The number of ketones is 1. The molecule has 25 heavy (non-hydrogen) atoms. The van der Waals surface area contributed by atoms with E-state index in [9.17, 15) is 18.8 Å². The van der Waals surface area contributed by atoms with E-state index in [1.54, 1.807) is 18.2 Å². The molecule has 128 valence electrons. The number of rotatable bonds is 6. The molecule has 0 saturated carbocycles. The Labute approximate surface area is 142 Å². The summed E-state index contributed by atoms with van der Waals surface area (Å²) in [7, 11) is 0. The topological polar surface area (TPSA) is 71.8 Å². The van der Waals surface area contributed by atoms with Gasteiger partial charge in [0.15, 0.2) is 11.7 Å². The molecule has 1 atom stereocenters. The molecule has 3 aromatic rings. The van der Waals surface area contributed by atoms with Crippen molar-refractivity contribution in [3.05, 3.63) is 53.7 Å². The zero-order valence-electron chi connectivity index (χ0n) is 13.4. The van der Waals surface area contributed by atoms with Crippen molar-refractivity contribution < 1.29 is 18.0 Å². The molecular weight excluding hydrogens is 328 g/mol. The number of hydrogen-bond donors (Lipinski definition) is 0. The molecular formula is C18H15F2N3O2. The average molecular weight is 343 g/mol. The van der Waals surface area contributed by atoms with E-state index in [0.717, 1.165) is 6.42 Å². The third-order valence-electron chi connectivity index (χ3n) is 3.96. The number of hydrogen-bond acceptors (Lipinski definition) is 4. The monoisotopic (exact) mass is 343 g/mol. The average Bonchev–Trinajstić information content (AvgIpc) is 3.20. The van der Waals surface area contributed by atoms with Crippen molar-refractivity contribution >= 4 is 16.8 Å². The fourth-order valence-corrected chi connectivity index (χ4v) is 2.84. The second kappa shape index (κ2) is 6.85. The van der Waals surface area contributed by atoms with Crippen molar-refractivity contribution in [2.45, 2.75) is 32.2 Å². The minimum atomic E-state index is -2.91. The van der Waals surface area contributed by atoms with Crippen LogP contribution in [0, 0.1) is 11.3 Å². The Bertz CT molecular complexity index is 953. The Morgan fingerprint density at radius 1 is 1.36 bits per heavy atom. The van der Waals surface area contributed by atoms with Gasteiger partial charge < -0.3 is 4.42 Å². The largest absolute Gasteiger partial charge is 0.469 e. The summed E-state index contributed by atoms with van der Waals surface area (Å²) in [5.74, 6) is -1.83. The van der Waals surface area contributed by atoms with Crippen LogP contribution in [0.2, 0.25) is 0 Å². The molecule has 0 aliphatic heterocycles. The van der Waals surface area contributed by atoms with E-state index in [-0.39, 0.29) is 16.9 Å². The van der Waals surface area contributed by atoms with Gasteiger partial charge in [-0.05, 0) is 24.6 Å². The van der Waals surface area contributed by atoms with Crippen molar-refractivity contribution in [2.24, 2.45) is 0 Å². The first-order valence-electron chi connectivity index (χ1n) is 7.83. The molecule has 1 aromatic carbocycles. The number of nitriles is 1. The van der Waals surface area contributed by atoms with Gasteiger partial charge in [0, 0.05) is 6.42 Å². The normalized spacial score (nSPS) is 12.4. The van der Waals surface area contributed by atoms with Crippen LogP contribution >= 0.6 is 0 Å². The number of Topliss-reactive ketones (excluding diaryl/α,β-unsaturated/α-hetero) is 1. The van der Waals surface area contributed by atoms with Gasteiger partial charge >= 0.3 is 6.55 Å². The number of carbonyl (C=O) groups excluding carboxylic acids is 1. The molecule has 0 aliphatic carbocycles. The number of nitrogens with zero attached hydrogens (tertiary/aromatic N) is 3. The second-order valence-electron chi connectivity index (χ2n) is 5.54. The van der Waals surface area contributed by atoms with E-state index in [0.29, 0.717) is 22.3 Å². The molecule has 0 unspecified atom stereocenters. The minimum absolute atomic E-state index is 0.182. The van der Waals surface area contributed by atoms with Crippen LogP contribution in [0.4, 0.5) is 8.78 Å². The number of fused-ring (bicyclic) bond motifs is 1. The first-order valence-corrected chi connectivity index (χ1v) is 7.83. The van der Waals surface area contributed by atoms with E-state index in [1.165, 1.54) is 18.4 Å². The zero-order chi connectivity index (χ0) is 18.0. The number of halogens is 2. The van der Waals surface area contributed by atoms with Gasteiger partial charge in [0.2, 0.25) is 0 Å². The highest BCUT2D eigenvalue weighted by Crippen LogP contribution is 2.30. The van der Waals surface area contributed by atoms with E-state index in [1.807, 2.05) is 13.0 Å².